The van der Waals surface area contributed by atoms with E-state index < -0.39 is 0 Å². The van der Waals surface area contributed by atoms with Gasteiger partial charge in [0.25, 0.3) is 0 Å². The number of hydrogen-bond donors (Lipinski definition) is 1. The summed E-state index contributed by atoms with van der Waals surface area (Å²) in [5, 5.41) is 7.64. The first-order chi connectivity index (χ1) is 9.72. The van der Waals surface area contributed by atoms with Crippen LogP contribution in [-0.4, -0.2) is 26.7 Å². The molecule has 0 atom stereocenters. The molecule has 0 unspecified atom stereocenters. The van der Waals surface area contributed by atoms with Crippen LogP contribution in [-0.2, 0) is 6.42 Å². The molecule has 1 aliphatic rings. The summed E-state index contributed by atoms with van der Waals surface area (Å²) in [5.41, 5.74) is 2.49. The molecule has 0 saturated heterocycles. The van der Waals surface area contributed by atoms with Crippen molar-refractivity contribution in [1.29, 1.82) is 0 Å². The minimum Gasteiger partial charge on any atom is -0.325 e. The van der Waals surface area contributed by atoms with Crippen LogP contribution in [0.15, 0.2) is 24.4 Å². The Balaban J connectivity index is 1.94. The molecule has 1 aromatic carbocycles. The lowest BCUT2D eigenvalue weighted by molar-refractivity contribution is 0.628. The van der Waals surface area contributed by atoms with E-state index in [4.69, 9.17) is 11.6 Å². The number of benzene rings is 1. The summed E-state index contributed by atoms with van der Waals surface area (Å²) in [6.45, 7) is 0.729. The summed E-state index contributed by atoms with van der Waals surface area (Å²) in [4.78, 5) is 10.3. The molecule has 0 aliphatic carbocycles. The van der Waals surface area contributed by atoms with Gasteiger partial charge in [0.1, 0.15) is 11.6 Å². The third-order valence-electron chi connectivity index (χ3n) is 3.46. The topological polar surface area (TPSA) is 57.7 Å². The quantitative estimate of drug-likeness (QED) is 0.700. The van der Waals surface area contributed by atoms with Crippen LogP contribution in [0, 0.1) is 5.82 Å². The molecule has 2 aromatic heterocycles. The largest absolute Gasteiger partial charge is 0.325 e. The molecule has 7 heteroatoms. The first kappa shape index (κ1) is 11.6. The molecule has 4 rings (SSSR count). The van der Waals surface area contributed by atoms with Gasteiger partial charge in [-0.3, -0.25) is 5.10 Å². The van der Waals surface area contributed by atoms with Crippen molar-refractivity contribution in [3.63, 3.8) is 0 Å². The Morgan fingerprint density at radius 3 is 3.10 bits per heavy atom. The highest BCUT2D eigenvalue weighted by molar-refractivity contribution is 6.28. The number of H-pyrrole nitrogens is 1. The number of nitrogens with one attached hydrogen (secondary N) is 1. The fourth-order valence-electron chi connectivity index (χ4n) is 2.57. The highest BCUT2D eigenvalue weighted by atomic mass is 35.5. The highest BCUT2D eigenvalue weighted by Gasteiger charge is 2.24. The van der Waals surface area contributed by atoms with Crippen LogP contribution in [0.4, 0.5) is 15.9 Å². The lowest BCUT2D eigenvalue weighted by Crippen LogP contribution is -2.15. The van der Waals surface area contributed by atoms with Crippen molar-refractivity contribution in [2.45, 2.75) is 6.42 Å². The van der Waals surface area contributed by atoms with Crippen LogP contribution >= 0.6 is 11.6 Å². The molecule has 0 bridgehead atoms. The Morgan fingerprint density at radius 2 is 2.20 bits per heavy atom. The maximum Gasteiger partial charge on any atom is 0.226 e. The lowest BCUT2D eigenvalue weighted by atomic mass is 10.2. The maximum atomic E-state index is 13.5. The van der Waals surface area contributed by atoms with E-state index in [1.54, 1.807) is 12.3 Å². The third kappa shape index (κ3) is 1.65. The van der Waals surface area contributed by atoms with Crippen molar-refractivity contribution in [3.8, 4) is 0 Å². The van der Waals surface area contributed by atoms with E-state index in [1.807, 2.05) is 4.90 Å². The second kappa shape index (κ2) is 4.14. The summed E-state index contributed by atoms with van der Waals surface area (Å²) < 4.78 is 13.5. The molecular weight excluding hydrogens is 281 g/mol. The predicted octanol–water partition coefficient (Wildman–Crippen LogP) is 2.84. The molecule has 0 amide bonds. The van der Waals surface area contributed by atoms with Crippen LogP contribution in [0.5, 0.6) is 0 Å². The van der Waals surface area contributed by atoms with E-state index in [-0.39, 0.29) is 11.1 Å². The molecule has 20 heavy (non-hydrogen) atoms. The van der Waals surface area contributed by atoms with E-state index in [0.29, 0.717) is 11.5 Å². The molecular formula is C13H9ClFN5. The van der Waals surface area contributed by atoms with E-state index >= 15 is 0 Å². The van der Waals surface area contributed by atoms with Gasteiger partial charge in [0.15, 0.2) is 5.65 Å². The molecule has 0 spiro atoms. The normalized spacial score (nSPS) is 14.0. The van der Waals surface area contributed by atoms with Crippen LogP contribution < -0.4 is 4.90 Å². The third-order valence-corrected chi connectivity index (χ3v) is 3.63. The van der Waals surface area contributed by atoms with Crippen LogP contribution in [0.2, 0.25) is 5.28 Å². The minimum atomic E-state index is -0.265. The Kier molecular flexibility index (Phi) is 2.40. The molecule has 1 N–H and O–H groups in total. The first-order valence-electron chi connectivity index (χ1n) is 6.15. The SMILES string of the molecule is Fc1ccc2c(c1)N(c1nc(Cl)nc3[nH]ncc13)CC2. The van der Waals surface area contributed by atoms with Crippen molar-refractivity contribution < 1.29 is 4.39 Å². The van der Waals surface area contributed by atoms with Crippen molar-refractivity contribution in [2.75, 3.05) is 11.4 Å². The highest BCUT2D eigenvalue weighted by Crippen LogP contribution is 2.37. The van der Waals surface area contributed by atoms with E-state index in [1.165, 1.54) is 12.1 Å². The van der Waals surface area contributed by atoms with Crippen LogP contribution in [0.3, 0.4) is 0 Å². The van der Waals surface area contributed by atoms with Crippen molar-refractivity contribution >= 4 is 34.1 Å². The van der Waals surface area contributed by atoms with Gasteiger partial charge in [-0.2, -0.15) is 15.1 Å². The number of anilines is 2. The lowest BCUT2D eigenvalue weighted by Gasteiger charge is -2.19. The average Bonchev–Trinajstić information content (AvgIpc) is 3.03. The van der Waals surface area contributed by atoms with Crippen LogP contribution in [0.25, 0.3) is 11.0 Å². The van der Waals surface area contributed by atoms with Gasteiger partial charge in [0.05, 0.1) is 11.6 Å². The predicted molar refractivity (Wildman–Crippen MR) is 73.8 cm³/mol. The van der Waals surface area contributed by atoms with E-state index in [9.17, 15) is 4.39 Å². The van der Waals surface area contributed by atoms with Crippen molar-refractivity contribution in [2.24, 2.45) is 0 Å². The monoisotopic (exact) mass is 289 g/mol. The Hall–Kier alpha value is -2.21. The van der Waals surface area contributed by atoms with Gasteiger partial charge in [-0.25, -0.2) is 4.39 Å². The van der Waals surface area contributed by atoms with Gasteiger partial charge in [0, 0.05) is 12.2 Å². The maximum absolute atomic E-state index is 13.5. The molecule has 0 radical (unpaired) electrons. The standard InChI is InChI=1S/C13H9ClFN5/c14-13-17-11-9(6-16-19-11)12(18-13)20-4-3-7-1-2-8(15)5-10(7)20/h1-2,5-6H,3-4H2,(H,16,17,18,19). The van der Waals surface area contributed by atoms with Gasteiger partial charge < -0.3 is 4.90 Å². The van der Waals surface area contributed by atoms with E-state index in [2.05, 4.69) is 20.2 Å². The van der Waals surface area contributed by atoms with Crippen molar-refractivity contribution in [3.05, 3.63) is 41.1 Å². The zero-order chi connectivity index (χ0) is 13.7. The van der Waals surface area contributed by atoms with Gasteiger partial charge in [0.2, 0.25) is 5.28 Å². The second-order valence-electron chi connectivity index (χ2n) is 4.62. The fraction of sp³-hybridized carbons (Fsp3) is 0.154. The second-order valence-corrected chi connectivity index (χ2v) is 4.96. The summed E-state index contributed by atoms with van der Waals surface area (Å²) in [6.07, 6.45) is 2.49. The molecule has 1 aliphatic heterocycles. The van der Waals surface area contributed by atoms with Gasteiger partial charge in [-0.15, -0.1) is 0 Å². The fourth-order valence-corrected chi connectivity index (χ4v) is 2.74. The molecule has 3 heterocycles. The number of aromatic nitrogens is 4. The summed E-state index contributed by atoms with van der Waals surface area (Å²) in [7, 11) is 0. The van der Waals surface area contributed by atoms with Gasteiger partial charge in [-0.05, 0) is 35.7 Å². The van der Waals surface area contributed by atoms with Crippen LogP contribution in [0.1, 0.15) is 5.56 Å². The number of aromatic amines is 1. The average molecular weight is 290 g/mol. The number of halogens is 2. The first-order valence-corrected chi connectivity index (χ1v) is 6.53. The molecule has 0 fully saturated rings. The summed E-state index contributed by atoms with van der Waals surface area (Å²) in [6, 6.07) is 4.80. The molecule has 5 nitrogen and oxygen atoms in total. The number of nitrogens with zero attached hydrogens (tertiary/aromatic N) is 4. The van der Waals surface area contributed by atoms with E-state index in [0.717, 1.165) is 29.6 Å². The van der Waals surface area contributed by atoms with Crippen molar-refractivity contribution in [1.82, 2.24) is 20.2 Å². The molecule has 100 valence electrons. The zero-order valence-electron chi connectivity index (χ0n) is 10.3. The summed E-state index contributed by atoms with van der Waals surface area (Å²) >= 11 is 5.95. The minimum absolute atomic E-state index is 0.140. The number of hydrogen-bond acceptors (Lipinski definition) is 4. The Labute approximate surface area is 118 Å². The van der Waals surface area contributed by atoms with Gasteiger partial charge in [-0.1, -0.05) is 6.07 Å². The zero-order valence-corrected chi connectivity index (χ0v) is 11.0. The summed E-state index contributed by atoms with van der Waals surface area (Å²) in [5.74, 6) is 0.386. The number of rotatable bonds is 1. The Bertz CT molecular complexity index is 816. The molecule has 3 aromatic rings. The smallest absolute Gasteiger partial charge is 0.226 e. The number of fused-ring (bicyclic) bond motifs is 2. The van der Waals surface area contributed by atoms with Gasteiger partial charge >= 0.3 is 0 Å². The molecule has 0 saturated carbocycles. The Morgan fingerprint density at radius 1 is 1.30 bits per heavy atom.